The second-order valence-electron chi connectivity index (χ2n) is 3.57. The van der Waals surface area contributed by atoms with Crippen LogP contribution in [0.2, 0.25) is 0 Å². The number of ketones is 1. The second kappa shape index (κ2) is 5.49. The van der Waals surface area contributed by atoms with Crippen LogP contribution in [0.4, 0.5) is 0 Å². The minimum absolute atomic E-state index is 0.0663. The highest BCUT2D eigenvalue weighted by atomic mass is 16.5. The highest BCUT2D eigenvalue weighted by molar-refractivity contribution is 5.85. The van der Waals surface area contributed by atoms with Crippen molar-refractivity contribution in [1.29, 1.82) is 0 Å². The number of ether oxygens (including phenoxy) is 1. The molecule has 3 nitrogen and oxygen atoms in total. The lowest BCUT2D eigenvalue weighted by atomic mass is 9.96. The van der Waals surface area contributed by atoms with Crippen molar-refractivity contribution < 1.29 is 9.53 Å². The molecule has 0 aromatic carbocycles. The Morgan fingerprint density at radius 1 is 1.53 bits per heavy atom. The molecule has 0 N–H and O–H groups in total. The lowest BCUT2D eigenvalue weighted by Crippen LogP contribution is -2.08. The van der Waals surface area contributed by atoms with E-state index >= 15 is 0 Å². The summed E-state index contributed by atoms with van der Waals surface area (Å²) in [5, 5.41) is 0. The molecule has 0 saturated heterocycles. The number of carbonyl (C=O) groups is 1. The third-order valence-electron chi connectivity index (χ3n) is 2.45. The first-order chi connectivity index (χ1) is 7.19. The summed E-state index contributed by atoms with van der Waals surface area (Å²) in [6.07, 6.45) is 3.23. The summed E-state index contributed by atoms with van der Waals surface area (Å²) in [7, 11) is 1.58. The summed E-state index contributed by atoms with van der Waals surface area (Å²) in [4.78, 5) is 15.7. The van der Waals surface area contributed by atoms with Crippen LogP contribution in [0.15, 0.2) is 18.3 Å². The topological polar surface area (TPSA) is 39.2 Å². The molecule has 1 aromatic heterocycles. The van der Waals surface area contributed by atoms with Crippen molar-refractivity contribution in [3.63, 3.8) is 0 Å². The van der Waals surface area contributed by atoms with Crippen LogP contribution in [-0.2, 0) is 4.79 Å². The van der Waals surface area contributed by atoms with Gasteiger partial charge in [-0.05, 0) is 12.0 Å². The maximum Gasteiger partial charge on any atom is 0.212 e. The van der Waals surface area contributed by atoms with E-state index < -0.39 is 0 Å². The van der Waals surface area contributed by atoms with Crippen LogP contribution in [0.25, 0.3) is 0 Å². The van der Waals surface area contributed by atoms with Crippen LogP contribution in [0.3, 0.4) is 0 Å². The fourth-order valence-electron chi connectivity index (χ4n) is 1.42. The molecule has 0 aliphatic heterocycles. The van der Waals surface area contributed by atoms with Crippen molar-refractivity contribution in [2.75, 3.05) is 7.11 Å². The Kier molecular flexibility index (Phi) is 4.28. The van der Waals surface area contributed by atoms with Gasteiger partial charge in [0.2, 0.25) is 5.88 Å². The summed E-state index contributed by atoms with van der Waals surface area (Å²) in [5.74, 6) is 0.779. The van der Waals surface area contributed by atoms with E-state index in [0.717, 1.165) is 12.0 Å². The molecule has 1 rings (SSSR count). The third kappa shape index (κ3) is 3.05. The van der Waals surface area contributed by atoms with Gasteiger partial charge in [-0.1, -0.05) is 19.9 Å². The summed E-state index contributed by atoms with van der Waals surface area (Å²) in [5.41, 5.74) is 0.953. The summed E-state index contributed by atoms with van der Waals surface area (Å²) in [6, 6.07) is 3.68. The van der Waals surface area contributed by atoms with Crippen LogP contribution in [0, 0.1) is 0 Å². The zero-order chi connectivity index (χ0) is 11.3. The van der Waals surface area contributed by atoms with Crippen molar-refractivity contribution >= 4 is 5.78 Å². The average molecular weight is 207 g/mol. The minimum atomic E-state index is -0.0663. The van der Waals surface area contributed by atoms with E-state index in [2.05, 4.69) is 4.98 Å². The van der Waals surface area contributed by atoms with Crippen molar-refractivity contribution in [3.8, 4) is 5.88 Å². The monoisotopic (exact) mass is 207 g/mol. The number of hydrogen-bond donors (Lipinski definition) is 0. The molecule has 3 heteroatoms. The van der Waals surface area contributed by atoms with Crippen LogP contribution in [0.1, 0.15) is 38.2 Å². The Hall–Kier alpha value is -1.38. The molecule has 15 heavy (non-hydrogen) atoms. The van der Waals surface area contributed by atoms with Crippen LogP contribution in [0.5, 0.6) is 5.88 Å². The molecule has 1 aromatic rings. The Morgan fingerprint density at radius 3 is 2.73 bits per heavy atom. The summed E-state index contributed by atoms with van der Waals surface area (Å²) < 4.78 is 4.96. The number of Topliss-reactive ketones (excluding diaryl/α,β-unsaturated/α-hetero) is 1. The quantitative estimate of drug-likeness (QED) is 0.744. The van der Waals surface area contributed by atoms with E-state index in [-0.39, 0.29) is 11.7 Å². The fourth-order valence-corrected chi connectivity index (χ4v) is 1.42. The number of methoxy groups -OCH3 is 1. The van der Waals surface area contributed by atoms with Crippen molar-refractivity contribution in [3.05, 3.63) is 23.9 Å². The Balaban J connectivity index is 2.73. The van der Waals surface area contributed by atoms with Gasteiger partial charge in [-0.25, -0.2) is 4.98 Å². The highest BCUT2D eigenvalue weighted by Crippen LogP contribution is 2.19. The number of aromatic nitrogens is 1. The van der Waals surface area contributed by atoms with E-state index in [0.29, 0.717) is 12.3 Å². The predicted molar refractivity (Wildman–Crippen MR) is 59.1 cm³/mol. The number of rotatable bonds is 5. The van der Waals surface area contributed by atoms with Gasteiger partial charge in [-0.3, -0.25) is 4.79 Å². The maximum atomic E-state index is 11.6. The number of nitrogens with zero attached hydrogens (tertiary/aromatic N) is 1. The van der Waals surface area contributed by atoms with Gasteiger partial charge in [-0.2, -0.15) is 0 Å². The van der Waals surface area contributed by atoms with Crippen LogP contribution < -0.4 is 4.74 Å². The SMILES string of the molecule is CCCC(=O)[C@@H](C)c1ccc(OC)nc1. The fraction of sp³-hybridized carbons (Fsp3) is 0.500. The van der Waals surface area contributed by atoms with E-state index in [1.165, 1.54) is 0 Å². The molecule has 0 aliphatic carbocycles. The van der Waals surface area contributed by atoms with Gasteiger partial charge in [0, 0.05) is 24.6 Å². The van der Waals surface area contributed by atoms with Gasteiger partial charge in [0.1, 0.15) is 5.78 Å². The highest BCUT2D eigenvalue weighted by Gasteiger charge is 2.14. The van der Waals surface area contributed by atoms with Crippen molar-refractivity contribution in [1.82, 2.24) is 4.98 Å². The zero-order valence-electron chi connectivity index (χ0n) is 9.49. The Morgan fingerprint density at radius 2 is 2.27 bits per heavy atom. The van der Waals surface area contributed by atoms with E-state index in [4.69, 9.17) is 4.74 Å². The molecule has 0 bridgehead atoms. The Labute approximate surface area is 90.5 Å². The molecule has 0 unspecified atom stereocenters. The standard InChI is InChI=1S/C12H17NO2/c1-4-5-11(14)9(2)10-6-7-12(15-3)13-8-10/h6-9H,4-5H2,1-3H3/t9-/m0/s1. The van der Waals surface area contributed by atoms with Gasteiger partial charge in [0.15, 0.2) is 0 Å². The molecule has 1 atom stereocenters. The third-order valence-corrected chi connectivity index (χ3v) is 2.45. The Bertz CT molecular complexity index is 319. The average Bonchev–Trinajstić information content (AvgIpc) is 2.28. The van der Waals surface area contributed by atoms with E-state index in [1.807, 2.05) is 19.9 Å². The first-order valence-corrected chi connectivity index (χ1v) is 5.21. The van der Waals surface area contributed by atoms with Crippen molar-refractivity contribution in [2.24, 2.45) is 0 Å². The minimum Gasteiger partial charge on any atom is -0.481 e. The first-order valence-electron chi connectivity index (χ1n) is 5.21. The van der Waals surface area contributed by atoms with Crippen LogP contribution in [-0.4, -0.2) is 17.9 Å². The predicted octanol–water partition coefficient (Wildman–Crippen LogP) is 2.56. The molecule has 0 radical (unpaired) electrons. The molecular formula is C12H17NO2. The molecule has 1 heterocycles. The molecule has 0 amide bonds. The van der Waals surface area contributed by atoms with Gasteiger partial charge < -0.3 is 4.74 Å². The zero-order valence-corrected chi connectivity index (χ0v) is 9.49. The number of hydrogen-bond acceptors (Lipinski definition) is 3. The molecule has 82 valence electrons. The number of pyridine rings is 1. The van der Waals surface area contributed by atoms with Gasteiger partial charge in [-0.15, -0.1) is 0 Å². The lowest BCUT2D eigenvalue weighted by molar-refractivity contribution is -0.120. The second-order valence-corrected chi connectivity index (χ2v) is 3.57. The smallest absolute Gasteiger partial charge is 0.212 e. The number of carbonyl (C=O) groups excluding carboxylic acids is 1. The van der Waals surface area contributed by atoms with Gasteiger partial charge in [0.25, 0.3) is 0 Å². The maximum absolute atomic E-state index is 11.6. The van der Waals surface area contributed by atoms with E-state index in [1.54, 1.807) is 19.4 Å². The first kappa shape index (κ1) is 11.7. The lowest BCUT2D eigenvalue weighted by Gasteiger charge is -2.09. The molecule has 0 aliphatic rings. The van der Waals surface area contributed by atoms with Crippen LogP contribution >= 0.6 is 0 Å². The molecule has 0 spiro atoms. The summed E-state index contributed by atoms with van der Waals surface area (Å²) in [6.45, 7) is 3.93. The van der Waals surface area contributed by atoms with E-state index in [9.17, 15) is 4.79 Å². The molecule has 0 saturated carbocycles. The molecule has 0 fully saturated rings. The normalized spacial score (nSPS) is 12.2. The largest absolute Gasteiger partial charge is 0.481 e. The molecular weight excluding hydrogens is 190 g/mol. The summed E-state index contributed by atoms with van der Waals surface area (Å²) >= 11 is 0. The van der Waals surface area contributed by atoms with Gasteiger partial charge in [0.05, 0.1) is 7.11 Å². The van der Waals surface area contributed by atoms with Crippen molar-refractivity contribution in [2.45, 2.75) is 32.6 Å². The van der Waals surface area contributed by atoms with Gasteiger partial charge >= 0.3 is 0 Å².